The molecule has 0 spiro atoms. The second kappa shape index (κ2) is 3.94. The highest BCUT2D eigenvalue weighted by molar-refractivity contribution is 14.1. The lowest BCUT2D eigenvalue weighted by Crippen LogP contribution is -2.43. The van der Waals surface area contributed by atoms with E-state index in [0.717, 1.165) is 6.42 Å². The maximum atomic E-state index is 10.8. The Morgan fingerprint density at radius 1 is 1.25 bits per heavy atom. The molecule has 12 heavy (non-hydrogen) atoms. The molecule has 0 aromatic carbocycles. The van der Waals surface area contributed by atoms with Crippen molar-refractivity contribution in [1.82, 2.24) is 5.32 Å². The molecule has 0 aromatic rings. The molecule has 0 saturated heterocycles. The van der Waals surface area contributed by atoms with Gasteiger partial charge in [-0.2, -0.15) is 0 Å². The number of carbonyl (C=O) groups excluding carboxylic acids is 1. The molecule has 3 heteroatoms. The Morgan fingerprint density at radius 2 is 1.67 bits per heavy atom. The molecule has 0 unspecified atom stereocenters. The summed E-state index contributed by atoms with van der Waals surface area (Å²) in [6.07, 6.45) is 0.981. The SMILES string of the molecule is CC(C)(C)CC(C)(C)NC(=O)I. The molecule has 0 rings (SSSR count). The van der Waals surface area contributed by atoms with Gasteiger partial charge in [-0.05, 0) is 25.7 Å². The number of hydrogen-bond acceptors (Lipinski definition) is 1. The zero-order valence-corrected chi connectivity index (χ0v) is 10.7. The fourth-order valence-electron chi connectivity index (χ4n) is 1.64. The minimum Gasteiger partial charge on any atom is -0.343 e. The second-order valence-corrected chi connectivity index (χ2v) is 6.00. The summed E-state index contributed by atoms with van der Waals surface area (Å²) in [5.74, 6) is 0. The topological polar surface area (TPSA) is 29.1 Å². The van der Waals surface area contributed by atoms with Crippen molar-refractivity contribution in [3.8, 4) is 0 Å². The highest BCUT2D eigenvalue weighted by Crippen LogP contribution is 2.26. The minimum atomic E-state index is -0.101. The number of halogens is 1. The Bertz CT molecular complexity index is 170. The third-order valence-electron chi connectivity index (χ3n) is 1.41. The van der Waals surface area contributed by atoms with Gasteiger partial charge >= 0.3 is 0 Å². The summed E-state index contributed by atoms with van der Waals surface area (Å²) in [6, 6.07) is 0. The third-order valence-corrected chi connectivity index (χ3v) is 1.68. The van der Waals surface area contributed by atoms with Crippen LogP contribution < -0.4 is 5.32 Å². The van der Waals surface area contributed by atoms with E-state index >= 15 is 0 Å². The van der Waals surface area contributed by atoms with Crippen LogP contribution in [-0.4, -0.2) is 9.45 Å². The van der Waals surface area contributed by atoms with E-state index < -0.39 is 0 Å². The summed E-state index contributed by atoms with van der Waals surface area (Å²) >= 11 is 1.77. The van der Waals surface area contributed by atoms with Gasteiger partial charge in [0.05, 0.1) is 0 Å². The molecular weight excluding hydrogens is 265 g/mol. The van der Waals surface area contributed by atoms with Crippen molar-refractivity contribution in [2.45, 2.75) is 46.6 Å². The molecule has 0 heterocycles. The largest absolute Gasteiger partial charge is 0.343 e. The van der Waals surface area contributed by atoms with Gasteiger partial charge in [0.1, 0.15) is 0 Å². The zero-order valence-electron chi connectivity index (χ0n) is 8.49. The fraction of sp³-hybridized carbons (Fsp3) is 0.889. The predicted octanol–water partition coefficient (Wildman–Crippen LogP) is 3.35. The van der Waals surface area contributed by atoms with Crippen LogP contribution in [0.15, 0.2) is 0 Å². The first kappa shape index (κ1) is 12.2. The van der Waals surface area contributed by atoms with Gasteiger partial charge < -0.3 is 5.32 Å². The Hall–Kier alpha value is 0.200. The predicted molar refractivity (Wildman–Crippen MR) is 60.7 cm³/mol. The van der Waals surface area contributed by atoms with E-state index in [2.05, 4.69) is 39.9 Å². The van der Waals surface area contributed by atoms with Crippen molar-refractivity contribution in [3.05, 3.63) is 0 Å². The van der Waals surface area contributed by atoms with Gasteiger partial charge in [0.2, 0.25) is 0 Å². The lowest BCUT2D eigenvalue weighted by atomic mass is 9.82. The van der Waals surface area contributed by atoms with Gasteiger partial charge in [0, 0.05) is 28.1 Å². The molecule has 0 radical (unpaired) electrons. The van der Waals surface area contributed by atoms with Crippen molar-refractivity contribution < 1.29 is 4.79 Å². The number of carbonyl (C=O) groups is 1. The van der Waals surface area contributed by atoms with Crippen LogP contribution in [0.3, 0.4) is 0 Å². The molecule has 0 fully saturated rings. The van der Waals surface area contributed by atoms with Crippen LogP contribution in [0.4, 0.5) is 4.79 Å². The molecule has 72 valence electrons. The molecule has 1 amide bonds. The summed E-state index contributed by atoms with van der Waals surface area (Å²) < 4.78 is 0.0156. The van der Waals surface area contributed by atoms with Crippen LogP contribution in [-0.2, 0) is 0 Å². The van der Waals surface area contributed by atoms with Crippen molar-refractivity contribution >= 4 is 26.5 Å². The average molecular weight is 283 g/mol. The van der Waals surface area contributed by atoms with Crippen LogP contribution in [0.25, 0.3) is 0 Å². The average Bonchev–Trinajstić information content (AvgIpc) is 1.48. The lowest BCUT2D eigenvalue weighted by Gasteiger charge is -2.32. The fourth-order valence-corrected chi connectivity index (χ4v) is 2.37. The van der Waals surface area contributed by atoms with Crippen LogP contribution in [0, 0.1) is 5.41 Å². The molecule has 1 N–H and O–H groups in total. The summed E-state index contributed by atoms with van der Waals surface area (Å²) in [7, 11) is 0. The van der Waals surface area contributed by atoms with Crippen LogP contribution in [0.5, 0.6) is 0 Å². The van der Waals surface area contributed by atoms with Crippen LogP contribution >= 0.6 is 22.6 Å². The van der Waals surface area contributed by atoms with Crippen LogP contribution in [0.1, 0.15) is 41.0 Å². The quantitative estimate of drug-likeness (QED) is 0.470. The van der Waals surface area contributed by atoms with Gasteiger partial charge in [0.25, 0.3) is 3.91 Å². The highest BCUT2D eigenvalue weighted by Gasteiger charge is 2.25. The Morgan fingerprint density at radius 3 is 1.92 bits per heavy atom. The van der Waals surface area contributed by atoms with E-state index in [1.54, 1.807) is 22.6 Å². The molecule has 0 aliphatic heterocycles. The normalized spacial score (nSPS) is 12.8. The Kier molecular flexibility index (Phi) is 4.00. The molecule has 0 aliphatic rings. The summed E-state index contributed by atoms with van der Waals surface area (Å²) in [5.41, 5.74) is 0.152. The van der Waals surface area contributed by atoms with Crippen molar-refractivity contribution in [1.29, 1.82) is 0 Å². The summed E-state index contributed by atoms with van der Waals surface area (Å²) in [4.78, 5) is 10.8. The van der Waals surface area contributed by atoms with E-state index in [1.165, 1.54) is 0 Å². The highest BCUT2D eigenvalue weighted by atomic mass is 127. The molecule has 2 nitrogen and oxygen atoms in total. The molecule has 0 aromatic heterocycles. The van der Waals surface area contributed by atoms with E-state index in [0.29, 0.717) is 0 Å². The van der Waals surface area contributed by atoms with Crippen molar-refractivity contribution in [3.63, 3.8) is 0 Å². The molecule has 0 saturated carbocycles. The first-order chi connectivity index (χ1) is 5.12. The number of nitrogens with one attached hydrogen (secondary N) is 1. The molecule has 0 bridgehead atoms. The smallest absolute Gasteiger partial charge is 0.281 e. The zero-order chi connectivity index (χ0) is 9.99. The van der Waals surface area contributed by atoms with E-state index in [-0.39, 0.29) is 14.9 Å². The maximum Gasteiger partial charge on any atom is 0.281 e. The van der Waals surface area contributed by atoms with Crippen molar-refractivity contribution in [2.24, 2.45) is 5.41 Å². The van der Waals surface area contributed by atoms with E-state index in [4.69, 9.17) is 0 Å². The van der Waals surface area contributed by atoms with Gasteiger partial charge in [-0.25, -0.2) is 0 Å². The second-order valence-electron chi connectivity index (χ2n) is 5.02. The van der Waals surface area contributed by atoms with Crippen molar-refractivity contribution in [2.75, 3.05) is 0 Å². The first-order valence-electron chi connectivity index (χ1n) is 4.10. The minimum absolute atomic E-state index is 0.0156. The van der Waals surface area contributed by atoms with E-state index in [9.17, 15) is 4.79 Å². The van der Waals surface area contributed by atoms with Gasteiger partial charge in [-0.1, -0.05) is 20.8 Å². The monoisotopic (exact) mass is 283 g/mol. The standard InChI is InChI=1S/C9H18INO/c1-8(2,3)6-9(4,5)11-7(10)12/h6H2,1-5H3,(H,11,12). The van der Waals surface area contributed by atoms with Gasteiger partial charge in [-0.3, -0.25) is 4.79 Å². The lowest BCUT2D eigenvalue weighted by molar-refractivity contribution is 0.229. The van der Waals surface area contributed by atoms with E-state index in [1.807, 2.05) is 0 Å². The Labute approximate surface area is 88.6 Å². The number of amides is 1. The molecule has 0 atom stereocenters. The summed E-state index contributed by atoms with van der Waals surface area (Å²) in [6.45, 7) is 10.6. The van der Waals surface area contributed by atoms with Gasteiger partial charge in [0.15, 0.2) is 0 Å². The van der Waals surface area contributed by atoms with Gasteiger partial charge in [-0.15, -0.1) is 0 Å². The number of hydrogen-bond donors (Lipinski definition) is 1. The Balaban J connectivity index is 4.13. The molecular formula is C9H18INO. The third kappa shape index (κ3) is 6.88. The summed E-state index contributed by atoms with van der Waals surface area (Å²) in [5, 5.41) is 2.92. The van der Waals surface area contributed by atoms with Crippen LogP contribution in [0.2, 0.25) is 0 Å². The maximum absolute atomic E-state index is 10.8. The molecule has 0 aliphatic carbocycles. The first-order valence-corrected chi connectivity index (χ1v) is 5.18. The number of rotatable bonds is 2.